The van der Waals surface area contributed by atoms with Crippen molar-refractivity contribution in [2.45, 2.75) is 63.9 Å². The maximum Gasteiger partial charge on any atom is 0.354 e. The zero-order valence-corrected chi connectivity index (χ0v) is 29.9. The molecule has 1 aliphatic heterocycles. The quantitative estimate of drug-likeness (QED) is 0.0426. The Kier molecular flexibility index (Phi) is 10.4. The first-order valence-corrected chi connectivity index (χ1v) is 18.1. The predicted molar refractivity (Wildman–Crippen MR) is 199 cm³/mol. The van der Waals surface area contributed by atoms with E-state index in [0.29, 0.717) is 27.5 Å². The van der Waals surface area contributed by atoms with Crippen molar-refractivity contribution < 1.29 is 19.2 Å². The van der Waals surface area contributed by atoms with E-state index in [0.717, 1.165) is 64.7 Å². The first-order valence-electron chi connectivity index (χ1n) is 16.7. The minimum atomic E-state index is -0.861. The van der Waals surface area contributed by atoms with E-state index < -0.39 is 11.5 Å². The maximum absolute atomic E-state index is 14.2. The van der Waals surface area contributed by atoms with Crippen LogP contribution in [0.1, 0.15) is 71.9 Å². The van der Waals surface area contributed by atoms with Gasteiger partial charge in [0.1, 0.15) is 11.3 Å². The Balaban J connectivity index is 1.34. The molecule has 252 valence electrons. The summed E-state index contributed by atoms with van der Waals surface area (Å²) < 4.78 is 2.18. The molecule has 6 rings (SSSR count). The van der Waals surface area contributed by atoms with Gasteiger partial charge in [0.05, 0.1) is 0 Å². The molecular formula is C40H40ClN3O4S. The lowest BCUT2D eigenvalue weighted by Gasteiger charge is -2.31. The highest BCUT2D eigenvalue weighted by atomic mass is 35.5. The number of oxime groups is 1. The van der Waals surface area contributed by atoms with Crippen molar-refractivity contribution in [3.8, 4) is 0 Å². The second-order valence-corrected chi connectivity index (χ2v) is 14.5. The summed E-state index contributed by atoms with van der Waals surface area (Å²) >= 11 is 7.63. The van der Waals surface area contributed by atoms with Crippen LogP contribution in [0.3, 0.4) is 0 Å². The van der Waals surface area contributed by atoms with Gasteiger partial charge < -0.3 is 9.40 Å². The molecule has 4 aromatic carbocycles. The number of likely N-dealkylation sites (tertiary alicyclic amines) is 1. The Labute approximate surface area is 296 Å². The number of aryl methyl sites for hydroxylation is 2. The molecule has 0 saturated carbocycles. The minimum absolute atomic E-state index is 0.0455. The molecular weight excluding hydrogens is 654 g/mol. The molecule has 1 aromatic heterocycles. The average molecular weight is 694 g/mol. The van der Waals surface area contributed by atoms with Crippen LogP contribution in [-0.4, -0.2) is 57.1 Å². The number of carbonyl (C=O) groups is 3. The van der Waals surface area contributed by atoms with Crippen molar-refractivity contribution in [3.05, 3.63) is 112 Å². The van der Waals surface area contributed by atoms with E-state index in [1.165, 1.54) is 0 Å². The van der Waals surface area contributed by atoms with Gasteiger partial charge in [-0.15, -0.1) is 11.8 Å². The van der Waals surface area contributed by atoms with Crippen LogP contribution < -0.4 is 0 Å². The van der Waals surface area contributed by atoms with Crippen molar-refractivity contribution in [3.63, 3.8) is 0 Å². The molecule has 1 fully saturated rings. The molecule has 5 aromatic rings. The fraction of sp³-hybridized carbons (Fsp3) is 0.300. The summed E-state index contributed by atoms with van der Waals surface area (Å²) in [6.07, 6.45) is 2.35. The summed E-state index contributed by atoms with van der Waals surface area (Å²) in [5, 5.41) is 6.64. The molecule has 7 nitrogen and oxygen atoms in total. The summed E-state index contributed by atoms with van der Waals surface area (Å²) in [5.41, 5.74) is 3.85. The van der Waals surface area contributed by atoms with Gasteiger partial charge in [0.25, 0.3) is 0 Å². The number of fused-ring (bicyclic) bond motifs is 3. The largest absolute Gasteiger partial charge is 0.354 e. The third-order valence-electron chi connectivity index (χ3n) is 9.41. The summed E-state index contributed by atoms with van der Waals surface area (Å²) in [6, 6.07) is 26.5. The van der Waals surface area contributed by atoms with Crippen molar-refractivity contribution >= 4 is 68.4 Å². The molecule has 0 radical (unpaired) electrons. The van der Waals surface area contributed by atoms with E-state index in [1.54, 1.807) is 17.8 Å². The molecule has 0 aliphatic carbocycles. The van der Waals surface area contributed by atoms with E-state index in [9.17, 15) is 14.4 Å². The van der Waals surface area contributed by atoms with Gasteiger partial charge in [0, 0.05) is 67.1 Å². The van der Waals surface area contributed by atoms with Gasteiger partial charge in [-0.05, 0) is 120 Å². The highest BCUT2D eigenvalue weighted by Crippen LogP contribution is 2.32. The summed E-state index contributed by atoms with van der Waals surface area (Å²) in [4.78, 5) is 49.7. The normalized spacial score (nSPS) is 14.1. The second kappa shape index (κ2) is 14.7. The number of thioether (sulfide) groups is 1. The number of benzene rings is 4. The van der Waals surface area contributed by atoms with Crippen LogP contribution in [0, 0.1) is 6.92 Å². The molecule has 2 heterocycles. The first kappa shape index (κ1) is 34.6. The summed E-state index contributed by atoms with van der Waals surface area (Å²) in [6.45, 7) is 10.0. The smallest absolute Gasteiger partial charge is 0.341 e. The zero-order chi connectivity index (χ0) is 34.7. The molecule has 0 atom stereocenters. The zero-order valence-electron chi connectivity index (χ0n) is 28.3. The van der Waals surface area contributed by atoms with Gasteiger partial charge in [-0.1, -0.05) is 41.0 Å². The number of hydrogen-bond donors (Lipinski definition) is 0. The molecule has 0 N–H and O–H groups in total. The SMILES string of the molecule is CCn1c2ccc(C(=O)C(CCSc3ccc(Cl)cc3)=NOC(=O)C(C)(C)N3CCCC3)cc2c2cc(C(=O)c3ccccc3C)ccc21. The molecule has 1 aliphatic rings. The second-order valence-electron chi connectivity index (χ2n) is 12.9. The van der Waals surface area contributed by atoms with Crippen LogP contribution in [0.4, 0.5) is 0 Å². The van der Waals surface area contributed by atoms with E-state index >= 15 is 0 Å². The van der Waals surface area contributed by atoms with Crippen LogP contribution in [0.25, 0.3) is 21.8 Å². The minimum Gasteiger partial charge on any atom is -0.341 e. The molecule has 49 heavy (non-hydrogen) atoms. The lowest BCUT2D eigenvalue weighted by atomic mass is 9.97. The lowest BCUT2D eigenvalue weighted by Crippen LogP contribution is -2.49. The molecule has 1 saturated heterocycles. The summed E-state index contributed by atoms with van der Waals surface area (Å²) in [7, 11) is 0. The number of nitrogens with zero attached hydrogens (tertiary/aromatic N) is 3. The van der Waals surface area contributed by atoms with Crippen molar-refractivity contribution in [2.24, 2.45) is 5.16 Å². The standard InChI is InChI=1S/C40H40ClN3O4S/c1-5-44-35-18-12-27(37(45)31-11-7-6-10-26(31)2)24-32(35)33-25-28(13-19-36(33)44)38(46)34(20-23-49-30-16-14-29(41)15-17-30)42-48-39(47)40(3,4)43-21-8-9-22-43/h6-7,10-19,24-25H,5,8-9,20-23H2,1-4H3. The Morgan fingerprint density at radius 2 is 1.51 bits per heavy atom. The van der Waals surface area contributed by atoms with Crippen LogP contribution in [0.2, 0.25) is 5.02 Å². The number of carbonyl (C=O) groups excluding carboxylic acids is 3. The van der Waals surface area contributed by atoms with Crippen LogP contribution in [0.5, 0.6) is 0 Å². The monoisotopic (exact) mass is 693 g/mol. The van der Waals surface area contributed by atoms with Gasteiger partial charge in [-0.25, -0.2) is 4.79 Å². The molecule has 0 bridgehead atoms. The number of rotatable bonds is 12. The van der Waals surface area contributed by atoms with Gasteiger partial charge in [0.2, 0.25) is 5.78 Å². The van der Waals surface area contributed by atoms with E-state index in [-0.39, 0.29) is 23.7 Å². The lowest BCUT2D eigenvalue weighted by molar-refractivity contribution is -0.155. The topological polar surface area (TPSA) is 81.0 Å². The van der Waals surface area contributed by atoms with E-state index in [2.05, 4.69) is 21.5 Å². The number of hydrogen-bond acceptors (Lipinski definition) is 7. The van der Waals surface area contributed by atoms with E-state index in [1.807, 2.05) is 99.6 Å². The predicted octanol–water partition coefficient (Wildman–Crippen LogP) is 9.15. The van der Waals surface area contributed by atoms with Crippen LogP contribution in [-0.2, 0) is 16.2 Å². The molecule has 0 amide bonds. The number of Topliss-reactive ketones (excluding diaryl/α,β-unsaturated/α-hetero) is 1. The Morgan fingerprint density at radius 1 is 0.878 bits per heavy atom. The Bertz CT molecular complexity index is 2080. The fourth-order valence-corrected chi connectivity index (χ4v) is 7.47. The molecule has 0 spiro atoms. The maximum atomic E-state index is 14.2. The van der Waals surface area contributed by atoms with E-state index in [4.69, 9.17) is 16.4 Å². The van der Waals surface area contributed by atoms with Crippen molar-refractivity contribution in [2.75, 3.05) is 18.8 Å². The Morgan fingerprint density at radius 3 is 2.16 bits per heavy atom. The van der Waals surface area contributed by atoms with Gasteiger partial charge in [0.15, 0.2) is 5.78 Å². The molecule has 9 heteroatoms. The van der Waals surface area contributed by atoms with Gasteiger partial charge in [-0.2, -0.15) is 0 Å². The van der Waals surface area contributed by atoms with Gasteiger partial charge in [-0.3, -0.25) is 14.5 Å². The third-order valence-corrected chi connectivity index (χ3v) is 10.7. The highest BCUT2D eigenvalue weighted by Gasteiger charge is 2.38. The number of ketones is 2. The van der Waals surface area contributed by atoms with Crippen molar-refractivity contribution in [1.82, 2.24) is 9.47 Å². The van der Waals surface area contributed by atoms with Crippen LogP contribution in [0.15, 0.2) is 95.0 Å². The average Bonchev–Trinajstić information content (AvgIpc) is 3.77. The van der Waals surface area contributed by atoms with Crippen LogP contribution >= 0.6 is 23.4 Å². The van der Waals surface area contributed by atoms with Crippen molar-refractivity contribution in [1.29, 1.82) is 0 Å². The number of aromatic nitrogens is 1. The highest BCUT2D eigenvalue weighted by molar-refractivity contribution is 7.99. The molecule has 0 unspecified atom stereocenters. The fourth-order valence-electron chi connectivity index (χ4n) is 6.49. The summed E-state index contributed by atoms with van der Waals surface area (Å²) in [5.74, 6) is -0.302. The van der Waals surface area contributed by atoms with Gasteiger partial charge >= 0.3 is 5.97 Å². The third kappa shape index (κ3) is 7.23. The Hall–Kier alpha value is -4.24. The first-order chi connectivity index (χ1) is 23.6. The number of halogens is 1.